The molecule has 18 heavy (non-hydrogen) atoms. The Bertz CT molecular complexity index is 282. The Balaban J connectivity index is 0.00000120. The van der Waals surface area contributed by atoms with Crippen molar-refractivity contribution in [2.75, 3.05) is 6.54 Å². The van der Waals surface area contributed by atoms with Gasteiger partial charge in [0.2, 0.25) is 5.91 Å². The van der Waals surface area contributed by atoms with Gasteiger partial charge in [-0.15, -0.1) is 12.4 Å². The standard InChI is InChI=1S/C14H24N2O.ClH/c17-14(15-9-10-2-1-3-10)8-11-6-12-4-5-13(7-11)16-12;/h10-13,16H,1-9H2,(H,15,17);1H. The molecule has 1 amide bonds. The normalized spacial score (nSPS) is 34.6. The summed E-state index contributed by atoms with van der Waals surface area (Å²) in [7, 11) is 0. The lowest BCUT2D eigenvalue weighted by molar-refractivity contribution is -0.122. The van der Waals surface area contributed by atoms with Crippen molar-refractivity contribution in [1.29, 1.82) is 0 Å². The van der Waals surface area contributed by atoms with Gasteiger partial charge in [-0.2, -0.15) is 0 Å². The predicted molar refractivity (Wildman–Crippen MR) is 74.9 cm³/mol. The molecule has 2 N–H and O–H groups in total. The number of carbonyl (C=O) groups is 1. The summed E-state index contributed by atoms with van der Waals surface area (Å²) in [6.07, 6.45) is 9.84. The lowest BCUT2D eigenvalue weighted by atomic mass is 9.85. The Kier molecular flexibility index (Phi) is 4.91. The first-order valence-corrected chi connectivity index (χ1v) is 7.32. The fourth-order valence-corrected chi connectivity index (χ4v) is 3.63. The molecule has 3 rings (SSSR count). The van der Waals surface area contributed by atoms with Gasteiger partial charge in [0.15, 0.2) is 0 Å². The van der Waals surface area contributed by atoms with Crippen molar-refractivity contribution in [3.05, 3.63) is 0 Å². The summed E-state index contributed by atoms with van der Waals surface area (Å²) in [5, 5.41) is 6.75. The molecule has 2 aliphatic heterocycles. The Labute approximate surface area is 116 Å². The van der Waals surface area contributed by atoms with Crippen LogP contribution in [0.3, 0.4) is 0 Å². The van der Waals surface area contributed by atoms with E-state index in [0.717, 1.165) is 18.9 Å². The molecule has 0 radical (unpaired) electrons. The monoisotopic (exact) mass is 272 g/mol. The Hall–Kier alpha value is -0.280. The second-order valence-electron chi connectivity index (χ2n) is 6.28. The number of hydrogen-bond acceptors (Lipinski definition) is 2. The molecule has 3 fully saturated rings. The van der Waals surface area contributed by atoms with Crippen LogP contribution in [0.4, 0.5) is 0 Å². The molecule has 2 unspecified atom stereocenters. The molecule has 4 heteroatoms. The Morgan fingerprint density at radius 2 is 1.72 bits per heavy atom. The van der Waals surface area contributed by atoms with Crippen molar-refractivity contribution in [2.24, 2.45) is 11.8 Å². The lowest BCUT2D eigenvalue weighted by Crippen LogP contribution is -2.40. The number of nitrogens with one attached hydrogen (secondary N) is 2. The van der Waals surface area contributed by atoms with E-state index in [-0.39, 0.29) is 12.4 Å². The lowest BCUT2D eigenvalue weighted by Gasteiger charge is -2.29. The van der Waals surface area contributed by atoms with E-state index in [2.05, 4.69) is 10.6 Å². The smallest absolute Gasteiger partial charge is 0.220 e. The summed E-state index contributed by atoms with van der Waals surface area (Å²) >= 11 is 0. The summed E-state index contributed by atoms with van der Waals surface area (Å²) in [4.78, 5) is 11.9. The Morgan fingerprint density at radius 3 is 2.28 bits per heavy atom. The summed E-state index contributed by atoms with van der Waals surface area (Å²) in [5.41, 5.74) is 0. The van der Waals surface area contributed by atoms with Crippen molar-refractivity contribution >= 4 is 18.3 Å². The van der Waals surface area contributed by atoms with Gasteiger partial charge in [0.25, 0.3) is 0 Å². The van der Waals surface area contributed by atoms with E-state index >= 15 is 0 Å². The molecule has 2 saturated heterocycles. The van der Waals surface area contributed by atoms with Gasteiger partial charge < -0.3 is 10.6 Å². The van der Waals surface area contributed by atoms with Crippen LogP contribution in [0.2, 0.25) is 0 Å². The topological polar surface area (TPSA) is 41.1 Å². The van der Waals surface area contributed by atoms with Crippen LogP contribution in [0.1, 0.15) is 51.4 Å². The highest BCUT2D eigenvalue weighted by atomic mass is 35.5. The first kappa shape index (κ1) is 14.1. The number of carbonyl (C=O) groups excluding carboxylic acids is 1. The van der Waals surface area contributed by atoms with Crippen LogP contribution in [0, 0.1) is 11.8 Å². The number of fused-ring (bicyclic) bond motifs is 2. The molecule has 0 spiro atoms. The number of piperidine rings is 1. The SMILES string of the molecule is Cl.O=C(CC1CC2CCC(C1)N2)NCC1CCC1. The maximum Gasteiger partial charge on any atom is 0.220 e. The molecule has 104 valence electrons. The Morgan fingerprint density at radius 1 is 1.06 bits per heavy atom. The molecule has 1 aliphatic carbocycles. The average molecular weight is 273 g/mol. The maximum absolute atomic E-state index is 11.9. The maximum atomic E-state index is 11.9. The third-order valence-corrected chi connectivity index (χ3v) is 4.86. The summed E-state index contributed by atoms with van der Waals surface area (Å²) in [6.45, 7) is 0.927. The van der Waals surface area contributed by atoms with Crippen molar-refractivity contribution in [1.82, 2.24) is 10.6 Å². The molecule has 0 aromatic heterocycles. The molecule has 2 bridgehead atoms. The van der Waals surface area contributed by atoms with Crippen molar-refractivity contribution in [2.45, 2.75) is 63.5 Å². The van der Waals surface area contributed by atoms with Gasteiger partial charge in [0.1, 0.15) is 0 Å². The first-order chi connectivity index (χ1) is 8.29. The highest BCUT2D eigenvalue weighted by Gasteiger charge is 2.34. The first-order valence-electron chi connectivity index (χ1n) is 7.32. The van der Waals surface area contributed by atoms with Crippen LogP contribution in [0.25, 0.3) is 0 Å². The van der Waals surface area contributed by atoms with Gasteiger partial charge in [-0.1, -0.05) is 6.42 Å². The number of rotatable bonds is 4. The third-order valence-electron chi connectivity index (χ3n) is 4.86. The van der Waals surface area contributed by atoms with E-state index < -0.39 is 0 Å². The summed E-state index contributed by atoms with van der Waals surface area (Å²) in [6, 6.07) is 1.41. The van der Waals surface area contributed by atoms with Crippen LogP contribution in [0.5, 0.6) is 0 Å². The van der Waals surface area contributed by atoms with Gasteiger partial charge in [0.05, 0.1) is 0 Å². The fraction of sp³-hybridized carbons (Fsp3) is 0.929. The largest absolute Gasteiger partial charge is 0.356 e. The second kappa shape index (κ2) is 6.25. The van der Waals surface area contributed by atoms with Gasteiger partial charge in [-0.05, 0) is 50.4 Å². The molecule has 0 aromatic carbocycles. The van der Waals surface area contributed by atoms with E-state index in [9.17, 15) is 4.79 Å². The second-order valence-corrected chi connectivity index (χ2v) is 6.28. The van der Waals surface area contributed by atoms with Gasteiger partial charge in [-0.3, -0.25) is 4.79 Å². The van der Waals surface area contributed by atoms with Crippen LogP contribution in [0.15, 0.2) is 0 Å². The number of halogens is 1. The molecule has 3 aliphatic rings. The van der Waals surface area contributed by atoms with Crippen LogP contribution in [-0.4, -0.2) is 24.5 Å². The molecular formula is C14H25ClN2O. The zero-order chi connectivity index (χ0) is 11.7. The molecule has 2 atom stereocenters. The molecule has 1 saturated carbocycles. The minimum atomic E-state index is 0. The van der Waals surface area contributed by atoms with E-state index in [1.807, 2.05) is 0 Å². The molecule has 2 heterocycles. The highest BCUT2D eigenvalue weighted by Crippen LogP contribution is 2.32. The third kappa shape index (κ3) is 3.39. The van der Waals surface area contributed by atoms with Gasteiger partial charge >= 0.3 is 0 Å². The van der Waals surface area contributed by atoms with Gasteiger partial charge in [-0.25, -0.2) is 0 Å². The average Bonchev–Trinajstić information content (AvgIpc) is 2.56. The fourth-order valence-electron chi connectivity index (χ4n) is 3.63. The van der Waals surface area contributed by atoms with E-state index in [1.54, 1.807) is 0 Å². The highest BCUT2D eigenvalue weighted by molar-refractivity contribution is 5.85. The zero-order valence-corrected chi connectivity index (χ0v) is 11.8. The van der Waals surface area contributed by atoms with E-state index in [1.165, 1.54) is 44.9 Å². The zero-order valence-electron chi connectivity index (χ0n) is 11.0. The minimum Gasteiger partial charge on any atom is -0.356 e. The number of amides is 1. The summed E-state index contributed by atoms with van der Waals surface area (Å²) < 4.78 is 0. The quantitative estimate of drug-likeness (QED) is 0.824. The van der Waals surface area contributed by atoms with E-state index in [0.29, 0.717) is 23.9 Å². The molecule has 3 nitrogen and oxygen atoms in total. The molecular weight excluding hydrogens is 248 g/mol. The predicted octanol–water partition coefficient (Wildman–Crippen LogP) is 2.25. The van der Waals surface area contributed by atoms with Crippen molar-refractivity contribution < 1.29 is 4.79 Å². The number of hydrogen-bond donors (Lipinski definition) is 2. The summed E-state index contributed by atoms with van der Waals surface area (Å²) in [5.74, 6) is 1.71. The van der Waals surface area contributed by atoms with Crippen LogP contribution < -0.4 is 10.6 Å². The molecule has 0 aromatic rings. The van der Waals surface area contributed by atoms with Crippen molar-refractivity contribution in [3.8, 4) is 0 Å². The van der Waals surface area contributed by atoms with Crippen molar-refractivity contribution in [3.63, 3.8) is 0 Å². The van der Waals surface area contributed by atoms with Crippen LogP contribution >= 0.6 is 12.4 Å². The minimum absolute atomic E-state index is 0. The van der Waals surface area contributed by atoms with Crippen LogP contribution in [-0.2, 0) is 4.79 Å². The van der Waals surface area contributed by atoms with Gasteiger partial charge in [0, 0.05) is 25.0 Å². The van der Waals surface area contributed by atoms with E-state index in [4.69, 9.17) is 0 Å².